The van der Waals surface area contributed by atoms with Gasteiger partial charge in [-0.1, -0.05) is 19.1 Å². The molecule has 0 saturated heterocycles. The minimum absolute atomic E-state index is 0.0587. The summed E-state index contributed by atoms with van der Waals surface area (Å²) in [5.74, 6) is -0.538. The first-order valence-corrected chi connectivity index (χ1v) is 9.79. The van der Waals surface area contributed by atoms with Crippen molar-refractivity contribution < 1.29 is 9.59 Å². The van der Waals surface area contributed by atoms with E-state index >= 15 is 0 Å². The summed E-state index contributed by atoms with van der Waals surface area (Å²) in [4.78, 5) is 29.3. The fourth-order valence-corrected chi connectivity index (χ4v) is 3.23. The van der Waals surface area contributed by atoms with Gasteiger partial charge in [0.25, 0.3) is 5.91 Å². The molecule has 2 amide bonds. The highest BCUT2D eigenvalue weighted by molar-refractivity contribution is 7.14. The number of hydrogen-bond acceptors (Lipinski definition) is 6. The van der Waals surface area contributed by atoms with Gasteiger partial charge in [0.1, 0.15) is 0 Å². The topological polar surface area (TPSA) is 148 Å². The molecule has 2 rings (SSSR count). The zero-order valence-electron chi connectivity index (χ0n) is 16.2. The number of nitrogens with zero attached hydrogens (tertiary/aromatic N) is 3. The number of aromatic nitrogens is 1. The number of thiazole rings is 1. The average molecular weight is 414 g/mol. The lowest BCUT2D eigenvalue weighted by molar-refractivity contribution is -0.128. The van der Waals surface area contributed by atoms with Crippen LogP contribution in [-0.2, 0) is 4.79 Å². The van der Waals surface area contributed by atoms with E-state index < -0.39 is 0 Å². The van der Waals surface area contributed by atoms with Crippen molar-refractivity contribution in [2.24, 2.45) is 11.7 Å². The number of benzene rings is 1. The molecule has 0 aliphatic carbocycles. The van der Waals surface area contributed by atoms with Crippen LogP contribution in [0.5, 0.6) is 0 Å². The number of nitriles is 1. The number of rotatable bonds is 8. The number of anilines is 1. The molecule has 0 saturated carbocycles. The summed E-state index contributed by atoms with van der Waals surface area (Å²) in [5.41, 5.74) is 7.40. The molecule has 1 aromatic heterocycles. The van der Waals surface area contributed by atoms with E-state index in [1.165, 1.54) is 18.4 Å². The number of carbonyl (C=O) groups excluding carboxylic acids is 2. The van der Waals surface area contributed by atoms with Crippen LogP contribution >= 0.6 is 11.3 Å². The molecule has 2 aromatic rings. The van der Waals surface area contributed by atoms with Crippen molar-refractivity contribution >= 4 is 34.2 Å². The quantitative estimate of drug-likeness (QED) is 0.226. The Hall–Kier alpha value is -3.45. The van der Waals surface area contributed by atoms with Gasteiger partial charge in [-0.05, 0) is 24.5 Å². The van der Waals surface area contributed by atoms with Gasteiger partial charge in [0.05, 0.1) is 5.69 Å². The van der Waals surface area contributed by atoms with Crippen LogP contribution in [0.4, 0.5) is 5.13 Å². The molecule has 0 radical (unpaired) electrons. The Morgan fingerprint density at radius 1 is 1.38 bits per heavy atom. The van der Waals surface area contributed by atoms with Gasteiger partial charge >= 0.3 is 0 Å². The number of amides is 2. The predicted octanol–water partition coefficient (Wildman–Crippen LogP) is 2.20. The first-order chi connectivity index (χ1) is 13.8. The third-order valence-electron chi connectivity index (χ3n) is 4.16. The number of hydrogen-bond donors (Lipinski definition) is 4. The minimum Gasteiger partial charge on any atom is -0.370 e. The van der Waals surface area contributed by atoms with Crippen LogP contribution in [0.15, 0.2) is 29.6 Å². The summed E-state index contributed by atoms with van der Waals surface area (Å²) in [6.07, 6.45) is 2.69. The Labute approximate surface area is 173 Å². The predicted molar refractivity (Wildman–Crippen MR) is 112 cm³/mol. The molecule has 0 aliphatic heterocycles. The molecule has 1 atom stereocenters. The van der Waals surface area contributed by atoms with Crippen LogP contribution in [0.3, 0.4) is 0 Å². The van der Waals surface area contributed by atoms with Crippen molar-refractivity contribution in [3.05, 3.63) is 35.2 Å². The summed E-state index contributed by atoms with van der Waals surface area (Å²) in [7, 11) is 1.44. The van der Waals surface area contributed by atoms with E-state index in [0.717, 1.165) is 16.2 Å². The Bertz CT molecular complexity index is 917. The normalized spacial score (nSPS) is 11.2. The molecule has 0 spiro atoms. The largest absolute Gasteiger partial charge is 0.370 e. The van der Waals surface area contributed by atoms with E-state index in [1.54, 1.807) is 30.5 Å². The third kappa shape index (κ3) is 6.58. The number of guanidine groups is 1. The zero-order chi connectivity index (χ0) is 21.4. The van der Waals surface area contributed by atoms with E-state index in [1.807, 2.05) is 12.3 Å². The second kappa shape index (κ2) is 10.2. The van der Waals surface area contributed by atoms with Gasteiger partial charge in [-0.2, -0.15) is 5.26 Å². The molecule has 1 heterocycles. The van der Waals surface area contributed by atoms with Crippen molar-refractivity contribution in [2.45, 2.75) is 19.8 Å². The maximum atomic E-state index is 12.3. The summed E-state index contributed by atoms with van der Waals surface area (Å²) in [6.45, 7) is 2.35. The summed E-state index contributed by atoms with van der Waals surface area (Å²) in [5, 5.41) is 23.8. The molecule has 5 N–H and O–H groups in total. The second-order valence-corrected chi connectivity index (χ2v) is 7.42. The van der Waals surface area contributed by atoms with Gasteiger partial charge in [0.15, 0.2) is 17.3 Å². The van der Waals surface area contributed by atoms with Crippen molar-refractivity contribution in [3.8, 4) is 17.5 Å². The Kier molecular flexibility index (Phi) is 7.68. The molecule has 1 aromatic carbocycles. The highest BCUT2D eigenvalue weighted by Crippen LogP contribution is 2.25. The fraction of sp³-hybridized carbons (Fsp3) is 0.316. The van der Waals surface area contributed by atoms with E-state index in [2.05, 4.69) is 15.6 Å². The van der Waals surface area contributed by atoms with Crippen LogP contribution in [0, 0.1) is 22.8 Å². The van der Waals surface area contributed by atoms with Gasteiger partial charge < -0.3 is 16.4 Å². The van der Waals surface area contributed by atoms with Crippen LogP contribution < -0.4 is 16.4 Å². The maximum absolute atomic E-state index is 12.3. The van der Waals surface area contributed by atoms with E-state index in [9.17, 15) is 9.59 Å². The highest BCUT2D eigenvalue weighted by atomic mass is 32.1. The van der Waals surface area contributed by atoms with Crippen molar-refractivity contribution in [1.29, 1.82) is 10.7 Å². The number of nitrogens with one attached hydrogen (secondary N) is 3. The van der Waals surface area contributed by atoms with Gasteiger partial charge in [-0.3, -0.25) is 19.9 Å². The molecule has 10 heteroatoms. The molecule has 152 valence electrons. The fourth-order valence-electron chi connectivity index (χ4n) is 2.50. The summed E-state index contributed by atoms with van der Waals surface area (Å²) < 4.78 is 0. The van der Waals surface area contributed by atoms with Gasteiger partial charge in [-0.25, -0.2) is 4.98 Å². The van der Waals surface area contributed by atoms with Crippen molar-refractivity contribution in [1.82, 2.24) is 15.2 Å². The van der Waals surface area contributed by atoms with Crippen molar-refractivity contribution in [2.75, 3.05) is 18.9 Å². The Morgan fingerprint density at radius 3 is 2.69 bits per heavy atom. The molecule has 9 nitrogen and oxygen atoms in total. The van der Waals surface area contributed by atoms with E-state index in [0.29, 0.717) is 23.7 Å². The molecule has 0 bridgehead atoms. The van der Waals surface area contributed by atoms with Crippen molar-refractivity contribution in [3.63, 3.8) is 0 Å². The lowest BCUT2D eigenvalue weighted by atomic mass is 10.0. The maximum Gasteiger partial charge on any atom is 0.251 e. The van der Waals surface area contributed by atoms with Gasteiger partial charge in [0, 0.05) is 36.5 Å². The smallest absolute Gasteiger partial charge is 0.251 e. The second-order valence-electron chi connectivity index (χ2n) is 6.56. The number of carbonyl (C=O) groups is 2. The van der Waals surface area contributed by atoms with Crippen LogP contribution in [0.1, 0.15) is 30.1 Å². The summed E-state index contributed by atoms with van der Waals surface area (Å²) in [6, 6.07) is 7.05. The zero-order valence-corrected chi connectivity index (χ0v) is 17.0. The standard InChI is InChI=1S/C19H23N7O2S/c1-12(9-16(27)26(2)11-20)7-8-23-17(28)14-5-3-13(4-6-14)15-10-29-19(24-15)25-18(21)22/h3-6,10,12H,7-9H2,1-2H3,(H,23,28)(H4,21,22,24,25). The Morgan fingerprint density at radius 2 is 2.07 bits per heavy atom. The lowest BCUT2D eigenvalue weighted by Crippen LogP contribution is -2.27. The highest BCUT2D eigenvalue weighted by Gasteiger charge is 2.14. The van der Waals surface area contributed by atoms with Gasteiger partial charge in [-0.15, -0.1) is 11.3 Å². The van der Waals surface area contributed by atoms with Crippen LogP contribution in [0.25, 0.3) is 11.3 Å². The van der Waals surface area contributed by atoms with E-state index in [-0.39, 0.29) is 30.1 Å². The van der Waals surface area contributed by atoms with E-state index in [4.69, 9.17) is 16.4 Å². The lowest BCUT2D eigenvalue weighted by Gasteiger charge is -2.13. The molecular weight excluding hydrogens is 390 g/mol. The molecular formula is C19H23N7O2S. The SMILES string of the molecule is CC(CCNC(=O)c1ccc(-c2csc(NC(=N)N)n2)cc1)CC(=O)N(C)C#N. The van der Waals surface area contributed by atoms with Crippen LogP contribution in [-0.4, -0.2) is 41.3 Å². The summed E-state index contributed by atoms with van der Waals surface area (Å²) >= 11 is 1.34. The molecule has 0 aliphatic rings. The minimum atomic E-state index is -0.231. The number of nitrogens with two attached hydrogens (primary N) is 1. The Balaban J connectivity index is 1.84. The van der Waals surface area contributed by atoms with Crippen LogP contribution in [0.2, 0.25) is 0 Å². The third-order valence-corrected chi connectivity index (χ3v) is 4.92. The first-order valence-electron chi connectivity index (χ1n) is 8.91. The molecule has 1 unspecified atom stereocenters. The molecule has 0 fully saturated rings. The van der Waals surface area contributed by atoms with Gasteiger partial charge in [0.2, 0.25) is 5.91 Å². The monoisotopic (exact) mass is 413 g/mol. The average Bonchev–Trinajstić information content (AvgIpc) is 3.14. The first kappa shape index (κ1) is 21.8. The molecule has 29 heavy (non-hydrogen) atoms.